The monoisotopic (exact) mass is 515 g/mol. The fourth-order valence-electron chi connectivity index (χ4n) is 4.06. The molecule has 0 aliphatic heterocycles. The molecule has 0 radical (unpaired) electrons. The van der Waals surface area contributed by atoms with Gasteiger partial charge in [-0.15, -0.1) is 6.42 Å². The zero-order valence-corrected chi connectivity index (χ0v) is 23.3. The van der Waals surface area contributed by atoms with Gasteiger partial charge in [0.2, 0.25) is 11.8 Å². The smallest absolute Gasteiger partial charge is 0.408 e. The topological polar surface area (TPSA) is 108 Å². The summed E-state index contributed by atoms with van der Waals surface area (Å²) in [5, 5.41) is 15.5. The summed E-state index contributed by atoms with van der Waals surface area (Å²) in [6.45, 7) is 10.8. The van der Waals surface area contributed by atoms with Crippen LogP contribution < -0.4 is 10.6 Å². The molecule has 1 aromatic carbocycles. The van der Waals surface area contributed by atoms with E-state index in [1.165, 1.54) is 4.90 Å². The summed E-state index contributed by atoms with van der Waals surface area (Å²) in [7, 11) is 0. The lowest BCUT2D eigenvalue weighted by atomic mass is 9.96. The highest BCUT2D eigenvalue weighted by molar-refractivity contribution is 5.92. The lowest BCUT2D eigenvalue weighted by Gasteiger charge is -2.35. The number of alkyl carbamates (subject to hydrolysis) is 1. The number of ether oxygens (including phenoxy) is 1. The van der Waals surface area contributed by atoms with Crippen LogP contribution >= 0.6 is 0 Å². The van der Waals surface area contributed by atoms with E-state index in [1.54, 1.807) is 45.0 Å². The molecule has 3 atom stereocenters. The molecule has 0 saturated carbocycles. The van der Waals surface area contributed by atoms with Crippen LogP contribution in [-0.2, 0) is 14.3 Å². The number of unbranched alkanes of at least 4 members (excludes halogenated alkanes) is 3. The number of hydrogen-bond acceptors (Lipinski definition) is 5. The normalized spacial score (nSPS) is 13.6. The number of carbonyl (C=O) groups is 3. The number of carbonyl (C=O) groups excluding carboxylic acids is 3. The van der Waals surface area contributed by atoms with Crippen LogP contribution in [0, 0.1) is 12.3 Å². The van der Waals surface area contributed by atoms with Gasteiger partial charge >= 0.3 is 6.09 Å². The van der Waals surface area contributed by atoms with Crippen LogP contribution in [0.2, 0.25) is 0 Å². The quantitative estimate of drug-likeness (QED) is 0.253. The number of rotatable bonds is 14. The Labute approximate surface area is 222 Å². The van der Waals surface area contributed by atoms with E-state index >= 15 is 0 Å². The maximum atomic E-state index is 13.8. The second-order valence-corrected chi connectivity index (χ2v) is 10.3. The van der Waals surface area contributed by atoms with Gasteiger partial charge in [0.05, 0.1) is 6.61 Å². The van der Waals surface area contributed by atoms with E-state index in [-0.39, 0.29) is 18.5 Å². The summed E-state index contributed by atoms with van der Waals surface area (Å²) < 4.78 is 5.28. The average Bonchev–Trinajstić information content (AvgIpc) is 2.83. The Morgan fingerprint density at radius 2 is 1.76 bits per heavy atom. The van der Waals surface area contributed by atoms with Crippen LogP contribution in [0.1, 0.15) is 97.2 Å². The van der Waals surface area contributed by atoms with Crippen molar-refractivity contribution in [2.45, 2.75) is 104 Å². The number of amides is 3. The third kappa shape index (κ3) is 10.8. The molecular formula is C29H45N3O5. The van der Waals surface area contributed by atoms with Gasteiger partial charge in [0, 0.05) is 18.2 Å². The number of terminal acetylenes is 1. The average molecular weight is 516 g/mol. The Kier molecular flexibility index (Phi) is 13.8. The molecule has 1 rings (SSSR count). The van der Waals surface area contributed by atoms with Gasteiger partial charge in [-0.3, -0.25) is 9.59 Å². The summed E-state index contributed by atoms with van der Waals surface area (Å²) in [5.74, 6) is 1.68. The Bertz CT molecular complexity index is 919. The summed E-state index contributed by atoms with van der Waals surface area (Å²) in [6, 6.07) is 4.59. The first kappa shape index (κ1) is 32.0. The molecule has 3 amide bonds. The van der Waals surface area contributed by atoms with Crippen molar-refractivity contribution in [2.75, 3.05) is 13.2 Å². The minimum absolute atomic E-state index is 0.108. The molecule has 0 aromatic heterocycles. The predicted octanol–water partition coefficient (Wildman–Crippen LogP) is 4.31. The van der Waals surface area contributed by atoms with Gasteiger partial charge in [0.15, 0.2) is 0 Å². The molecule has 0 spiro atoms. The summed E-state index contributed by atoms with van der Waals surface area (Å²) in [6.07, 6.45) is 10.1. The molecule has 3 unspecified atom stereocenters. The summed E-state index contributed by atoms with van der Waals surface area (Å²) >= 11 is 0. The van der Waals surface area contributed by atoms with Gasteiger partial charge in [-0.2, -0.15) is 0 Å². The molecule has 0 aliphatic rings. The third-order valence-electron chi connectivity index (χ3n) is 5.79. The molecule has 0 aliphatic carbocycles. The molecule has 1 aromatic rings. The van der Waals surface area contributed by atoms with Crippen molar-refractivity contribution in [1.29, 1.82) is 0 Å². The van der Waals surface area contributed by atoms with Gasteiger partial charge in [0.1, 0.15) is 17.7 Å². The maximum absolute atomic E-state index is 13.8. The van der Waals surface area contributed by atoms with Crippen molar-refractivity contribution in [3.63, 3.8) is 0 Å². The van der Waals surface area contributed by atoms with E-state index in [1.807, 2.05) is 13.8 Å². The molecule has 8 nitrogen and oxygen atoms in total. The predicted molar refractivity (Wildman–Crippen MR) is 146 cm³/mol. The van der Waals surface area contributed by atoms with E-state index in [9.17, 15) is 19.5 Å². The maximum Gasteiger partial charge on any atom is 0.408 e. The SMILES string of the molecule is C#Cc1ccccc1C(C(=O)NC(C)CCC)N(CCCCCC)C(=O)C(CO)NC(=O)OC(C)(C)C. The lowest BCUT2D eigenvalue weighted by molar-refractivity contribution is -0.143. The number of nitrogens with one attached hydrogen (secondary N) is 2. The van der Waals surface area contributed by atoms with E-state index in [4.69, 9.17) is 11.2 Å². The third-order valence-corrected chi connectivity index (χ3v) is 5.79. The van der Waals surface area contributed by atoms with E-state index in [0.29, 0.717) is 17.5 Å². The Morgan fingerprint density at radius 3 is 2.32 bits per heavy atom. The number of hydrogen-bond donors (Lipinski definition) is 3. The largest absolute Gasteiger partial charge is 0.444 e. The zero-order chi connectivity index (χ0) is 28.0. The van der Waals surface area contributed by atoms with Crippen LogP contribution in [0.15, 0.2) is 24.3 Å². The molecule has 0 saturated heterocycles. The number of nitrogens with zero attached hydrogens (tertiary/aromatic N) is 1. The van der Waals surface area contributed by atoms with E-state index in [0.717, 1.165) is 32.1 Å². The fourth-order valence-corrected chi connectivity index (χ4v) is 4.06. The van der Waals surface area contributed by atoms with Gasteiger partial charge in [-0.1, -0.05) is 63.7 Å². The molecular weight excluding hydrogens is 470 g/mol. The van der Waals surface area contributed by atoms with Gasteiger partial charge < -0.3 is 25.4 Å². The zero-order valence-electron chi connectivity index (χ0n) is 23.3. The van der Waals surface area contributed by atoms with Crippen molar-refractivity contribution in [2.24, 2.45) is 0 Å². The van der Waals surface area contributed by atoms with Crippen molar-refractivity contribution in [1.82, 2.24) is 15.5 Å². The van der Waals surface area contributed by atoms with Gasteiger partial charge in [-0.25, -0.2) is 4.79 Å². The first-order valence-corrected chi connectivity index (χ1v) is 13.3. The van der Waals surface area contributed by atoms with Crippen LogP contribution in [-0.4, -0.2) is 58.8 Å². The van der Waals surface area contributed by atoms with Crippen LogP contribution in [0.25, 0.3) is 0 Å². The summed E-state index contributed by atoms with van der Waals surface area (Å²) in [5.41, 5.74) is 0.234. The second kappa shape index (κ2) is 15.9. The number of benzene rings is 1. The minimum atomic E-state index is -1.29. The Morgan fingerprint density at radius 1 is 1.08 bits per heavy atom. The fraction of sp³-hybridized carbons (Fsp3) is 0.621. The molecule has 0 fully saturated rings. The second-order valence-electron chi connectivity index (χ2n) is 10.3. The summed E-state index contributed by atoms with van der Waals surface area (Å²) in [4.78, 5) is 41.4. The molecule has 8 heteroatoms. The standard InChI is InChI=1S/C29H45N3O5/c1-8-11-12-15-19-32(27(35)24(20-33)31-28(36)37-29(5,6)7)25(26(34)30-21(4)16-9-2)23-18-14-13-17-22(23)10-3/h3,13-14,17-18,21,24-25,33H,8-9,11-12,15-16,19-20H2,1-2,4-7H3,(H,30,34)(H,31,36). The molecule has 3 N–H and O–H groups in total. The van der Waals surface area contributed by atoms with Gasteiger partial charge in [0.25, 0.3) is 0 Å². The highest BCUT2D eigenvalue weighted by Gasteiger charge is 2.37. The Balaban J connectivity index is 3.48. The van der Waals surface area contributed by atoms with Crippen molar-refractivity contribution >= 4 is 17.9 Å². The van der Waals surface area contributed by atoms with E-state index in [2.05, 4.69) is 23.5 Å². The lowest BCUT2D eigenvalue weighted by Crippen LogP contribution is -2.55. The number of aliphatic hydroxyl groups is 1. The highest BCUT2D eigenvalue weighted by Crippen LogP contribution is 2.27. The highest BCUT2D eigenvalue weighted by atomic mass is 16.6. The molecule has 206 valence electrons. The van der Waals surface area contributed by atoms with Gasteiger partial charge in [-0.05, 0) is 52.2 Å². The first-order chi connectivity index (χ1) is 17.5. The number of aliphatic hydroxyl groups excluding tert-OH is 1. The van der Waals surface area contributed by atoms with E-state index < -0.39 is 36.3 Å². The van der Waals surface area contributed by atoms with Crippen LogP contribution in [0.5, 0.6) is 0 Å². The molecule has 37 heavy (non-hydrogen) atoms. The van der Waals surface area contributed by atoms with Crippen molar-refractivity contribution in [3.05, 3.63) is 35.4 Å². The van der Waals surface area contributed by atoms with Crippen LogP contribution in [0.3, 0.4) is 0 Å². The first-order valence-electron chi connectivity index (χ1n) is 13.3. The molecule has 0 heterocycles. The minimum Gasteiger partial charge on any atom is -0.444 e. The van der Waals surface area contributed by atoms with Crippen molar-refractivity contribution < 1.29 is 24.2 Å². The molecule has 0 bridgehead atoms. The van der Waals surface area contributed by atoms with Crippen molar-refractivity contribution in [3.8, 4) is 12.3 Å². The Hall–Kier alpha value is -3.05. The van der Waals surface area contributed by atoms with Crippen LogP contribution in [0.4, 0.5) is 4.79 Å².